The van der Waals surface area contributed by atoms with Gasteiger partial charge in [0.2, 0.25) is 0 Å². The standard InChI is InChI=1S/C17H27N3OS.HI/c1-3-18-17(20-13-16-9-6-10-22-16)19-12-14-7-5-8-15(11-14)21-4-2;/h5,7-8,11,16H,3-4,6,9-10,12-13H2,1-2H3,(H2,18,19,20);1H. The summed E-state index contributed by atoms with van der Waals surface area (Å²) in [6.45, 7) is 7.32. The molecule has 23 heavy (non-hydrogen) atoms. The van der Waals surface area contributed by atoms with Gasteiger partial charge in [-0.3, -0.25) is 0 Å². The Morgan fingerprint density at radius 3 is 2.91 bits per heavy atom. The van der Waals surface area contributed by atoms with Gasteiger partial charge in [-0.05, 0) is 50.1 Å². The molecular formula is C17H28IN3OS. The maximum Gasteiger partial charge on any atom is 0.191 e. The van der Waals surface area contributed by atoms with Crippen LogP contribution in [-0.2, 0) is 6.54 Å². The first kappa shape index (κ1) is 20.4. The number of nitrogens with one attached hydrogen (secondary N) is 2. The molecule has 1 aliphatic heterocycles. The zero-order valence-corrected chi connectivity index (χ0v) is 17.2. The average Bonchev–Trinajstić information content (AvgIpc) is 3.04. The maximum absolute atomic E-state index is 5.53. The van der Waals surface area contributed by atoms with Crippen molar-refractivity contribution >= 4 is 41.7 Å². The number of ether oxygens (including phenoxy) is 1. The second-order valence-corrected chi connectivity index (χ2v) is 6.70. The second kappa shape index (κ2) is 11.8. The quantitative estimate of drug-likeness (QED) is 0.379. The van der Waals surface area contributed by atoms with E-state index in [1.54, 1.807) is 0 Å². The summed E-state index contributed by atoms with van der Waals surface area (Å²) in [7, 11) is 0. The number of benzene rings is 1. The van der Waals surface area contributed by atoms with Crippen LogP contribution < -0.4 is 15.4 Å². The van der Waals surface area contributed by atoms with Crippen molar-refractivity contribution < 1.29 is 4.74 Å². The zero-order valence-electron chi connectivity index (χ0n) is 14.0. The van der Waals surface area contributed by atoms with E-state index in [1.807, 2.05) is 19.1 Å². The summed E-state index contributed by atoms with van der Waals surface area (Å²) >= 11 is 2.06. The lowest BCUT2D eigenvalue weighted by Crippen LogP contribution is -2.40. The van der Waals surface area contributed by atoms with Gasteiger partial charge in [0, 0.05) is 18.3 Å². The minimum absolute atomic E-state index is 0. The fourth-order valence-corrected chi connectivity index (χ4v) is 3.63. The smallest absolute Gasteiger partial charge is 0.191 e. The van der Waals surface area contributed by atoms with Crippen LogP contribution in [0.3, 0.4) is 0 Å². The van der Waals surface area contributed by atoms with Crippen molar-refractivity contribution in [1.82, 2.24) is 10.6 Å². The summed E-state index contributed by atoms with van der Waals surface area (Å²) in [5.74, 6) is 3.11. The predicted octanol–water partition coefficient (Wildman–Crippen LogP) is 3.65. The molecule has 1 atom stereocenters. The maximum atomic E-state index is 5.53. The molecule has 1 fully saturated rings. The van der Waals surface area contributed by atoms with Crippen LogP contribution in [0.5, 0.6) is 5.75 Å². The molecule has 6 heteroatoms. The Kier molecular flexibility index (Phi) is 10.5. The molecule has 0 bridgehead atoms. The van der Waals surface area contributed by atoms with Gasteiger partial charge in [0.25, 0.3) is 0 Å². The van der Waals surface area contributed by atoms with Crippen LogP contribution in [0.25, 0.3) is 0 Å². The topological polar surface area (TPSA) is 45.7 Å². The summed E-state index contributed by atoms with van der Waals surface area (Å²) in [6, 6.07) is 8.15. The van der Waals surface area contributed by atoms with Crippen molar-refractivity contribution in [3.8, 4) is 5.75 Å². The van der Waals surface area contributed by atoms with E-state index in [0.717, 1.165) is 30.0 Å². The average molecular weight is 449 g/mol. The van der Waals surface area contributed by atoms with E-state index in [9.17, 15) is 0 Å². The van der Waals surface area contributed by atoms with Crippen molar-refractivity contribution in [2.45, 2.75) is 38.5 Å². The Labute approximate surface area is 161 Å². The highest BCUT2D eigenvalue weighted by Crippen LogP contribution is 2.25. The molecule has 0 aliphatic carbocycles. The van der Waals surface area contributed by atoms with E-state index in [1.165, 1.54) is 24.2 Å². The first-order valence-corrected chi connectivity index (χ1v) is 9.22. The van der Waals surface area contributed by atoms with Gasteiger partial charge in [-0.2, -0.15) is 11.8 Å². The monoisotopic (exact) mass is 449 g/mol. The summed E-state index contributed by atoms with van der Waals surface area (Å²) in [4.78, 5) is 4.68. The van der Waals surface area contributed by atoms with Gasteiger partial charge in [-0.15, -0.1) is 24.0 Å². The Balaban J connectivity index is 0.00000264. The molecule has 1 saturated heterocycles. The third-order valence-electron chi connectivity index (χ3n) is 3.49. The van der Waals surface area contributed by atoms with Crippen LogP contribution in [0.15, 0.2) is 29.3 Å². The second-order valence-electron chi connectivity index (χ2n) is 5.29. The molecule has 1 unspecified atom stereocenters. The highest BCUT2D eigenvalue weighted by Gasteiger charge is 2.15. The third kappa shape index (κ3) is 7.65. The molecule has 1 aromatic rings. The van der Waals surface area contributed by atoms with E-state index in [-0.39, 0.29) is 24.0 Å². The van der Waals surface area contributed by atoms with Crippen LogP contribution in [0, 0.1) is 0 Å². The van der Waals surface area contributed by atoms with Crippen LogP contribution in [0.2, 0.25) is 0 Å². The van der Waals surface area contributed by atoms with Crippen LogP contribution in [0.4, 0.5) is 0 Å². The number of hydrogen-bond donors (Lipinski definition) is 2. The van der Waals surface area contributed by atoms with Crippen LogP contribution in [-0.4, -0.2) is 36.7 Å². The van der Waals surface area contributed by atoms with Crippen LogP contribution in [0.1, 0.15) is 32.3 Å². The fourth-order valence-electron chi connectivity index (χ4n) is 2.43. The predicted molar refractivity (Wildman–Crippen MR) is 111 cm³/mol. The molecule has 0 amide bonds. The number of rotatable bonds is 7. The van der Waals surface area contributed by atoms with E-state index in [4.69, 9.17) is 4.74 Å². The molecule has 2 rings (SSSR count). The molecule has 0 radical (unpaired) electrons. The number of aliphatic imine (C=N–C) groups is 1. The molecule has 0 spiro atoms. The SMILES string of the molecule is CCNC(=NCc1cccc(OCC)c1)NCC1CCCS1.I. The minimum atomic E-state index is 0. The molecule has 130 valence electrons. The molecule has 1 aliphatic rings. The van der Waals surface area contributed by atoms with Gasteiger partial charge >= 0.3 is 0 Å². The number of halogens is 1. The number of nitrogens with zero attached hydrogens (tertiary/aromatic N) is 1. The van der Waals surface area contributed by atoms with Crippen LogP contribution >= 0.6 is 35.7 Å². The van der Waals surface area contributed by atoms with Crippen molar-refractivity contribution in [1.29, 1.82) is 0 Å². The van der Waals surface area contributed by atoms with Crippen molar-refractivity contribution in [3.05, 3.63) is 29.8 Å². The lowest BCUT2D eigenvalue weighted by Gasteiger charge is -2.14. The molecule has 4 nitrogen and oxygen atoms in total. The van der Waals surface area contributed by atoms with Crippen molar-refractivity contribution in [2.24, 2.45) is 4.99 Å². The molecule has 0 aromatic heterocycles. The van der Waals surface area contributed by atoms with E-state index in [2.05, 4.69) is 46.4 Å². The highest BCUT2D eigenvalue weighted by molar-refractivity contribution is 14.0. The van der Waals surface area contributed by atoms with Gasteiger partial charge in [0.1, 0.15) is 5.75 Å². The Morgan fingerprint density at radius 1 is 1.35 bits per heavy atom. The van der Waals surface area contributed by atoms with Gasteiger partial charge in [0.15, 0.2) is 5.96 Å². The minimum Gasteiger partial charge on any atom is -0.494 e. The molecule has 1 heterocycles. The largest absolute Gasteiger partial charge is 0.494 e. The Bertz CT molecular complexity index is 479. The highest BCUT2D eigenvalue weighted by atomic mass is 127. The number of thioether (sulfide) groups is 1. The zero-order chi connectivity index (χ0) is 15.6. The lowest BCUT2D eigenvalue weighted by atomic mass is 10.2. The molecule has 0 saturated carbocycles. The summed E-state index contributed by atoms with van der Waals surface area (Å²) in [5, 5.41) is 7.50. The first-order chi connectivity index (χ1) is 10.8. The fraction of sp³-hybridized carbons (Fsp3) is 0.588. The summed E-state index contributed by atoms with van der Waals surface area (Å²) in [6.07, 6.45) is 2.66. The lowest BCUT2D eigenvalue weighted by molar-refractivity contribution is 0.340. The van der Waals surface area contributed by atoms with Gasteiger partial charge in [0.05, 0.1) is 13.2 Å². The Hall–Kier alpha value is -0.630. The third-order valence-corrected chi connectivity index (χ3v) is 4.89. The van der Waals surface area contributed by atoms with Crippen molar-refractivity contribution in [3.63, 3.8) is 0 Å². The Morgan fingerprint density at radius 2 is 2.22 bits per heavy atom. The summed E-state index contributed by atoms with van der Waals surface area (Å²) < 4.78 is 5.53. The van der Waals surface area contributed by atoms with Gasteiger partial charge in [-0.25, -0.2) is 4.99 Å². The molecular weight excluding hydrogens is 421 g/mol. The van der Waals surface area contributed by atoms with Crippen molar-refractivity contribution in [2.75, 3.05) is 25.4 Å². The van der Waals surface area contributed by atoms with Gasteiger partial charge < -0.3 is 15.4 Å². The normalized spacial score (nSPS) is 17.5. The molecule has 1 aromatic carbocycles. The first-order valence-electron chi connectivity index (χ1n) is 8.17. The van der Waals surface area contributed by atoms with E-state index >= 15 is 0 Å². The molecule has 2 N–H and O–H groups in total. The van der Waals surface area contributed by atoms with E-state index < -0.39 is 0 Å². The van der Waals surface area contributed by atoms with E-state index in [0.29, 0.717) is 13.2 Å². The number of hydrogen-bond acceptors (Lipinski definition) is 3. The van der Waals surface area contributed by atoms with Gasteiger partial charge in [-0.1, -0.05) is 12.1 Å². The number of guanidine groups is 1. The summed E-state index contributed by atoms with van der Waals surface area (Å²) in [5.41, 5.74) is 1.17.